The lowest BCUT2D eigenvalue weighted by atomic mass is 10.0. The van der Waals surface area contributed by atoms with E-state index in [4.69, 9.17) is 10.5 Å². The molecular weight excluding hydrogens is 214 g/mol. The first-order valence-electron chi connectivity index (χ1n) is 7.08. The molecule has 0 aromatic heterocycles. The quantitative estimate of drug-likeness (QED) is 0.361. The molecule has 0 aliphatic carbocycles. The van der Waals surface area contributed by atoms with Gasteiger partial charge in [-0.05, 0) is 12.8 Å². The topological polar surface area (TPSA) is 52.3 Å². The van der Waals surface area contributed by atoms with Gasteiger partial charge in [-0.3, -0.25) is 10.5 Å². The normalized spacial score (nSPS) is 14.4. The van der Waals surface area contributed by atoms with Crippen molar-refractivity contribution in [2.75, 3.05) is 0 Å². The number of nitrogens with two attached hydrogens (primary N) is 1. The van der Waals surface area contributed by atoms with Crippen molar-refractivity contribution in [1.82, 2.24) is 0 Å². The Labute approximate surface area is 106 Å². The summed E-state index contributed by atoms with van der Waals surface area (Å²) < 4.78 is 5.47. The number of esters is 1. The van der Waals surface area contributed by atoms with E-state index in [9.17, 15) is 4.79 Å². The molecule has 0 rings (SSSR count). The molecule has 3 heteroatoms. The number of unbranched alkanes of at least 4 members (excludes halogenated alkanes) is 3. The number of rotatable bonds is 10. The van der Waals surface area contributed by atoms with Crippen LogP contribution in [-0.2, 0) is 9.53 Å². The first kappa shape index (κ1) is 16.4. The summed E-state index contributed by atoms with van der Waals surface area (Å²) in [5.74, 6) is -0.134. The van der Waals surface area contributed by atoms with Gasteiger partial charge >= 0.3 is 5.97 Å². The molecule has 1 unspecified atom stereocenters. The van der Waals surface area contributed by atoms with Crippen LogP contribution in [0.15, 0.2) is 0 Å². The Bertz CT molecular complexity index is 206. The van der Waals surface area contributed by atoms with Crippen molar-refractivity contribution in [3.05, 3.63) is 0 Å². The molecule has 0 aromatic carbocycles. The minimum absolute atomic E-state index is 0.134. The number of carbonyl (C=O) groups is 1. The van der Waals surface area contributed by atoms with Crippen LogP contribution >= 0.6 is 0 Å². The van der Waals surface area contributed by atoms with Gasteiger partial charge in [0.15, 0.2) is 5.72 Å². The molecule has 102 valence electrons. The monoisotopic (exact) mass is 243 g/mol. The minimum atomic E-state index is -0.728. The van der Waals surface area contributed by atoms with E-state index < -0.39 is 5.72 Å². The predicted octanol–water partition coefficient (Wildman–Crippen LogP) is 3.76. The third-order valence-electron chi connectivity index (χ3n) is 2.93. The Kier molecular flexibility index (Phi) is 9.14. The summed E-state index contributed by atoms with van der Waals surface area (Å²) in [5, 5.41) is 0. The van der Waals surface area contributed by atoms with Crippen LogP contribution in [0.1, 0.15) is 78.6 Å². The second-order valence-corrected chi connectivity index (χ2v) is 4.85. The first-order valence-corrected chi connectivity index (χ1v) is 7.08. The molecule has 0 fully saturated rings. The lowest BCUT2D eigenvalue weighted by molar-refractivity contribution is -0.161. The third kappa shape index (κ3) is 8.19. The Morgan fingerprint density at radius 2 is 1.65 bits per heavy atom. The molecule has 0 bridgehead atoms. The smallest absolute Gasteiger partial charge is 0.307 e. The summed E-state index contributed by atoms with van der Waals surface area (Å²) in [6.07, 6.45) is 8.18. The zero-order valence-corrected chi connectivity index (χ0v) is 11.8. The molecule has 0 aliphatic heterocycles. The van der Waals surface area contributed by atoms with Crippen molar-refractivity contribution in [2.24, 2.45) is 5.73 Å². The minimum Gasteiger partial charge on any atom is -0.444 e. The summed E-state index contributed by atoms with van der Waals surface area (Å²) in [7, 11) is 0. The Hall–Kier alpha value is -0.570. The van der Waals surface area contributed by atoms with Crippen molar-refractivity contribution >= 4 is 5.97 Å². The molecule has 17 heavy (non-hydrogen) atoms. The molecule has 1 atom stereocenters. The zero-order valence-electron chi connectivity index (χ0n) is 11.8. The number of carbonyl (C=O) groups excluding carboxylic acids is 1. The van der Waals surface area contributed by atoms with Gasteiger partial charge in [0.05, 0.1) is 0 Å². The van der Waals surface area contributed by atoms with E-state index in [-0.39, 0.29) is 5.97 Å². The van der Waals surface area contributed by atoms with Crippen LogP contribution in [0.25, 0.3) is 0 Å². The van der Waals surface area contributed by atoms with Crippen molar-refractivity contribution in [3.63, 3.8) is 0 Å². The summed E-state index contributed by atoms with van der Waals surface area (Å²) in [6, 6.07) is 0. The van der Waals surface area contributed by atoms with Gasteiger partial charge < -0.3 is 4.74 Å². The van der Waals surface area contributed by atoms with Crippen LogP contribution in [0.2, 0.25) is 0 Å². The van der Waals surface area contributed by atoms with Crippen LogP contribution in [0, 0.1) is 0 Å². The SMILES string of the molecule is CCCCCC(=O)OC(N)(CCC)CCCC. The molecule has 0 radical (unpaired) electrons. The molecule has 0 aromatic rings. The van der Waals surface area contributed by atoms with Crippen molar-refractivity contribution in [1.29, 1.82) is 0 Å². The van der Waals surface area contributed by atoms with Crippen molar-refractivity contribution in [3.8, 4) is 0 Å². The third-order valence-corrected chi connectivity index (χ3v) is 2.93. The number of hydrogen-bond donors (Lipinski definition) is 1. The maximum absolute atomic E-state index is 11.7. The van der Waals surface area contributed by atoms with Crippen LogP contribution in [0.5, 0.6) is 0 Å². The number of ether oxygens (including phenoxy) is 1. The van der Waals surface area contributed by atoms with E-state index in [0.29, 0.717) is 6.42 Å². The first-order chi connectivity index (χ1) is 8.08. The van der Waals surface area contributed by atoms with E-state index in [0.717, 1.165) is 51.4 Å². The van der Waals surface area contributed by atoms with Crippen LogP contribution in [0.3, 0.4) is 0 Å². The van der Waals surface area contributed by atoms with Crippen molar-refractivity contribution in [2.45, 2.75) is 84.3 Å². The van der Waals surface area contributed by atoms with E-state index in [2.05, 4.69) is 20.8 Å². The van der Waals surface area contributed by atoms with Gasteiger partial charge in [0.2, 0.25) is 0 Å². The molecule has 3 nitrogen and oxygen atoms in total. The standard InChI is InChI=1S/C14H29NO2/c1-4-7-9-10-13(16)17-14(15,11-6-3)12-8-5-2/h4-12,15H2,1-3H3. The molecule has 0 heterocycles. The highest BCUT2D eigenvalue weighted by Crippen LogP contribution is 2.20. The molecule has 0 aliphatic rings. The highest BCUT2D eigenvalue weighted by molar-refractivity contribution is 5.69. The van der Waals surface area contributed by atoms with Gasteiger partial charge in [-0.1, -0.05) is 46.5 Å². The van der Waals surface area contributed by atoms with Crippen LogP contribution in [0.4, 0.5) is 0 Å². The maximum atomic E-state index is 11.7. The maximum Gasteiger partial charge on any atom is 0.307 e. The van der Waals surface area contributed by atoms with Crippen LogP contribution < -0.4 is 5.73 Å². The second kappa shape index (κ2) is 9.46. The molecule has 0 spiro atoms. The average Bonchev–Trinajstić information content (AvgIpc) is 2.27. The van der Waals surface area contributed by atoms with Gasteiger partial charge in [-0.2, -0.15) is 0 Å². The molecule has 0 saturated heterocycles. The number of hydrogen-bond acceptors (Lipinski definition) is 3. The van der Waals surface area contributed by atoms with Gasteiger partial charge in [0.1, 0.15) is 0 Å². The summed E-state index contributed by atoms with van der Waals surface area (Å²) >= 11 is 0. The Morgan fingerprint density at radius 1 is 1.00 bits per heavy atom. The Morgan fingerprint density at radius 3 is 2.18 bits per heavy atom. The second-order valence-electron chi connectivity index (χ2n) is 4.85. The lowest BCUT2D eigenvalue weighted by Crippen LogP contribution is -2.44. The average molecular weight is 243 g/mol. The Balaban J connectivity index is 4.08. The highest BCUT2D eigenvalue weighted by Gasteiger charge is 2.27. The highest BCUT2D eigenvalue weighted by atomic mass is 16.6. The zero-order chi connectivity index (χ0) is 13.1. The van der Waals surface area contributed by atoms with E-state index >= 15 is 0 Å². The molecule has 2 N–H and O–H groups in total. The van der Waals surface area contributed by atoms with E-state index in [1.807, 2.05) is 0 Å². The van der Waals surface area contributed by atoms with E-state index in [1.54, 1.807) is 0 Å². The summed E-state index contributed by atoms with van der Waals surface area (Å²) in [6.45, 7) is 6.31. The fourth-order valence-electron chi connectivity index (χ4n) is 1.92. The summed E-state index contributed by atoms with van der Waals surface area (Å²) in [4.78, 5) is 11.7. The van der Waals surface area contributed by atoms with Gasteiger partial charge in [-0.25, -0.2) is 0 Å². The fraction of sp³-hybridized carbons (Fsp3) is 0.929. The summed E-state index contributed by atoms with van der Waals surface area (Å²) in [5.41, 5.74) is 5.43. The molecule has 0 saturated carbocycles. The van der Waals surface area contributed by atoms with Gasteiger partial charge in [-0.15, -0.1) is 0 Å². The fourth-order valence-corrected chi connectivity index (χ4v) is 1.92. The molecular formula is C14H29NO2. The predicted molar refractivity (Wildman–Crippen MR) is 71.6 cm³/mol. The molecule has 0 amide bonds. The van der Waals surface area contributed by atoms with Crippen molar-refractivity contribution < 1.29 is 9.53 Å². The lowest BCUT2D eigenvalue weighted by Gasteiger charge is -2.29. The van der Waals surface area contributed by atoms with Gasteiger partial charge in [0.25, 0.3) is 0 Å². The largest absolute Gasteiger partial charge is 0.444 e. The van der Waals surface area contributed by atoms with Crippen LogP contribution in [-0.4, -0.2) is 11.7 Å². The van der Waals surface area contributed by atoms with E-state index in [1.165, 1.54) is 0 Å². The van der Waals surface area contributed by atoms with Gasteiger partial charge in [0, 0.05) is 19.3 Å².